The normalized spacial score (nSPS) is 17.1. The Morgan fingerprint density at radius 1 is 1.43 bits per heavy atom. The molecule has 0 aliphatic heterocycles. The summed E-state index contributed by atoms with van der Waals surface area (Å²) in [4.78, 5) is 12.3. The maximum atomic E-state index is 12.3. The van der Waals surface area contributed by atoms with Crippen molar-refractivity contribution in [2.75, 3.05) is 6.54 Å². The van der Waals surface area contributed by atoms with Gasteiger partial charge in [-0.05, 0) is 50.8 Å². The van der Waals surface area contributed by atoms with Crippen LogP contribution < -0.4 is 11.1 Å². The molecule has 0 radical (unpaired) electrons. The summed E-state index contributed by atoms with van der Waals surface area (Å²) in [6.07, 6.45) is 2.26. The summed E-state index contributed by atoms with van der Waals surface area (Å²) in [5.74, 6) is 0.660. The van der Waals surface area contributed by atoms with Crippen LogP contribution in [0.15, 0.2) is 28.7 Å². The summed E-state index contributed by atoms with van der Waals surface area (Å²) >= 11 is 0. The predicted molar refractivity (Wildman–Crippen MR) is 85.8 cm³/mol. The molecule has 1 atom stereocenters. The smallest absolute Gasteiger partial charge is 0.287 e. The third-order valence-corrected chi connectivity index (χ3v) is 4.20. The van der Waals surface area contributed by atoms with Crippen molar-refractivity contribution in [1.82, 2.24) is 5.32 Å². The minimum absolute atomic E-state index is 0. The highest BCUT2D eigenvalue weighted by atomic mass is 35.5. The number of amides is 1. The minimum atomic E-state index is -0.327. The van der Waals surface area contributed by atoms with Crippen molar-refractivity contribution in [1.29, 1.82) is 0 Å². The minimum Gasteiger partial charge on any atom is -0.451 e. The highest BCUT2D eigenvalue weighted by Crippen LogP contribution is 2.39. The molecule has 0 spiro atoms. The average Bonchev–Trinajstić information content (AvgIpc) is 3.19. The third kappa shape index (κ3) is 3.06. The van der Waals surface area contributed by atoms with Crippen molar-refractivity contribution in [3.63, 3.8) is 0 Å². The molecule has 1 amide bonds. The van der Waals surface area contributed by atoms with Crippen molar-refractivity contribution in [3.8, 4) is 0 Å². The number of hydrogen-bond donors (Lipinski definition) is 2. The molecule has 114 valence electrons. The standard InChI is InChI=1S/C16H20N2O2.ClH/c1-10-3-6-13-11(7-10)8-14(20-13)15(19)18-16(2,9-17)12-4-5-12;/h3,6-8,12H,4-5,9,17H2,1-2H3,(H,18,19);1H. The molecule has 5 heteroatoms. The van der Waals surface area contributed by atoms with E-state index in [9.17, 15) is 4.79 Å². The zero-order valence-corrected chi connectivity index (χ0v) is 13.1. The number of nitrogens with two attached hydrogens (primary N) is 1. The molecule has 0 saturated heterocycles. The van der Waals surface area contributed by atoms with Crippen LogP contribution in [0.2, 0.25) is 0 Å². The molecule has 1 aliphatic rings. The molecular weight excluding hydrogens is 288 g/mol. The van der Waals surface area contributed by atoms with E-state index < -0.39 is 0 Å². The number of rotatable bonds is 4. The van der Waals surface area contributed by atoms with E-state index in [1.54, 1.807) is 6.07 Å². The highest BCUT2D eigenvalue weighted by Gasteiger charge is 2.42. The first kappa shape index (κ1) is 15.9. The van der Waals surface area contributed by atoms with E-state index in [0.29, 0.717) is 18.2 Å². The number of aryl methyl sites for hydroxylation is 1. The lowest BCUT2D eigenvalue weighted by Gasteiger charge is -2.28. The molecule has 21 heavy (non-hydrogen) atoms. The van der Waals surface area contributed by atoms with E-state index in [1.165, 1.54) is 0 Å². The number of carbonyl (C=O) groups is 1. The Kier molecular flexibility index (Phi) is 4.30. The van der Waals surface area contributed by atoms with Crippen molar-refractivity contribution >= 4 is 29.3 Å². The van der Waals surface area contributed by atoms with Gasteiger partial charge in [-0.25, -0.2) is 0 Å². The molecule has 0 bridgehead atoms. The average molecular weight is 309 g/mol. The Morgan fingerprint density at radius 2 is 2.14 bits per heavy atom. The first-order valence-electron chi connectivity index (χ1n) is 7.04. The fraction of sp³-hybridized carbons (Fsp3) is 0.438. The lowest BCUT2D eigenvalue weighted by atomic mass is 9.96. The largest absolute Gasteiger partial charge is 0.451 e. The molecule has 4 nitrogen and oxygen atoms in total. The van der Waals surface area contributed by atoms with Crippen LogP contribution in [-0.2, 0) is 0 Å². The van der Waals surface area contributed by atoms with Crippen LogP contribution in [0.3, 0.4) is 0 Å². The lowest BCUT2D eigenvalue weighted by molar-refractivity contribution is 0.0871. The molecule has 1 unspecified atom stereocenters. The Balaban J connectivity index is 0.00000161. The SMILES string of the molecule is Cc1ccc2oc(C(=O)NC(C)(CN)C3CC3)cc2c1.Cl. The number of nitrogens with one attached hydrogen (secondary N) is 1. The van der Waals surface area contributed by atoms with Gasteiger partial charge in [-0.2, -0.15) is 0 Å². The fourth-order valence-corrected chi connectivity index (χ4v) is 2.64. The van der Waals surface area contributed by atoms with Gasteiger partial charge in [0.15, 0.2) is 5.76 Å². The van der Waals surface area contributed by atoms with Crippen LogP contribution >= 0.6 is 12.4 Å². The van der Waals surface area contributed by atoms with E-state index in [1.807, 2.05) is 32.0 Å². The van der Waals surface area contributed by atoms with Crippen molar-refractivity contribution in [3.05, 3.63) is 35.6 Å². The first-order valence-corrected chi connectivity index (χ1v) is 7.04. The zero-order valence-electron chi connectivity index (χ0n) is 12.3. The van der Waals surface area contributed by atoms with Gasteiger partial charge in [0.2, 0.25) is 0 Å². The van der Waals surface area contributed by atoms with Crippen LogP contribution in [-0.4, -0.2) is 18.0 Å². The van der Waals surface area contributed by atoms with Gasteiger partial charge in [0, 0.05) is 11.9 Å². The van der Waals surface area contributed by atoms with Gasteiger partial charge in [0.05, 0.1) is 5.54 Å². The number of furan rings is 1. The predicted octanol–water partition coefficient (Wildman–Crippen LogP) is 3.02. The third-order valence-electron chi connectivity index (χ3n) is 4.20. The van der Waals surface area contributed by atoms with E-state index in [2.05, 4.69) is 5.32 Å². The van der Waals surface area contributed by atoms with Crippen LogP contribution in [0.1, 0.15) is 35.9 Å². The quantitative estimate of drug-likeness (QED) is 0.912. The maximum Gasteiger partial charge on any atom is 0.287 e. The molecule has 1 saturated carbocycles. The van der Waals surface area contributed by atoms with E-state index in [0.717, 1.165) is 29.4 Å². The summed E-state index contributed by atoms with van der Waals surface area (Å²) in [6, 6.07) is 7.67. The van der Waals surface area contributed by atoms with Gasteiger partial charge < -0.3 is 15.5 Å². The number of halogens is 1. The molecule has 2 aromatic rings. The molecular formula is C16H21ClN2O2. The molecule has 1 aliphatic carbocycles. The van der Waals surface area contributed by atoms with Crippen LogP contribution in [0, 0.1) is 12.8 Å². The van der Waals surface area contributed by atoms with E-state index in [-0.39, 0.29) is 23.9 Å². The Labute approximate surface area is 130 Å². The van der Waals surface area contributed by atoms with Crippen LogP contribution in [0.25, 0.3) is 11.0 Å². The van der Waals surface area contributed by atoms with Gasteiger partial charge in [0.1, 0.15) is 5.58 Å². The topological polar surface area (TPSA) is 68.3 Å². The number of fused-ring (bicyclic) bond motifs is 1. The summed E-state index contributed by atoms with van der Waals surface area (Å²) in [6.45, 7) is 4.48. The van der Waals surface area contributed by atoms with Gasteiger partial charge in [-0.1, -0.05) is 11.6 Å². The molecule has 3 N–H and O–H groups in total. The van der Waals surface area contributed by atoms with E-state index in [4.69, 9.17) is 10.2 Å². The molecule has 3 rings (SSSR count). The van der Waals surface area contributed by atoms with Gasteiger partial charge in [-0.3, -0.25) is 4.79 Å². The summed E-state index contributed by atoms with van der Waals surface area (Å²) in [7, 11) is 0. The number of benzene rings is 1. The van der Waals surface area contributed by atoms with Crippen LogP contribution in [0.5, 0.6) is 0 Å². The van der Waals surface area contributed by atoms with Gasteiger partial charge >= 0.3 is 0 Å². The highest BCUT2D eigenvalue weighted by molar-refractivity contribution is 5.96. The van der Waals surface area contributed by atoms with E-state index >= 15 is 0 Å². The second-order valence-corrected chi connectivity index (χ2v) is 6.00. The summed E-state index contributed by atoms with van der Waals surface area (Å²) in [5, 5.41) is 3.99. The molecule has 1 aromatic heterocycles. The monoisotopic (exact) mass is 308 g/mol. The Hall–Kier alpha value is -1.52. The second-order valence-electron chi connectivity index (χ2n) is 6.00. The Bertz CT molecular complexity index is 663. The second kappa shape index (κ2) is 5.70. The fourth-order valence-electron chi connectivity index (χ4n) is 2.64. The molecule has 1 aromatic carbocycles. The number of hydrogen-bond acceptors (Lipinski definition) is 3. The first-order chi connectivity index (χ1) is 9.51. The van der Waals surface area contributed by atoms with Gasteiger partial charge in [-0.15, -0.1) is 12.4 Å². The summed E-state index contributed by atoms with van der Waals surface area (Å²) < 4.78 is 5.62. The van der Waals surface area contributed by atoms with Gasteiger partial charge in [0.25, 0.3) is 5.91 Å². The molecule has 1 heterocycles. The number of carbonyl (C=O) groups excluding carboxylic acids is 1. The molecule has 1 fully saturated rings. The van der Waals surface area contributed by atoms with Crippen LogP contribution in [0.4, 0.5) is 0 Å². The van der Waals surface area contributed by atoms with Crippen molar-refractivity contribution in [2.45, 2.75) is 32.2 Å². The Morgan fingerprint density at radius 3 is 2.76 bits per heavy atom. The van der Waals surface area contributed by atoms with Crippen molar-refractivity contribution < 1.29 is 9.21 Å². The maximum absolute atomic E-state index is 12.3. The lowest BCUT2D eigenvalue weighted by Crippen LogP contribution is -2.53. The summed E-state index contributed by atoms with van der Waals surface area (Å²) in [5.41, 5.74) is 7.38. The van der Waals surface area contributed by atoms with Crippen molar-refractivity contribution in [2.24, 2.45) is 11.7 Å². The zero-order chi connectivity index (χ0) is 14.3.